The number of amides is 2. The number of urea groups is 1. The van der Waals surface area contributed by atoms with Crippen LogP contribution in [-0.4, -0.2) is 45.7 Å². The second kappa shape index (κ2) is 11.7. The fourth-order valence-corrected chi connectivity index (χ4v) is 4.21. The van der Waals surface area contributed by atoms with Crippen molar-refractivity contribution in [3.05, 3.63) is 46.9 Å². The molecule has 1 aliphatic heterocycles. The summed E-state index contributed by atoms with van der Waals surface area (Å²) in [5, 5.41) is 14.7. The number of aryl methyl sites for hydroxylation is 1. The van der Waals surface area contributed by atoms with Gasteiger partial charge in [-0.1, -0.05) is 44.7 Å². The number of carbonyl (C=O) groups is 2. The first-order valence-corrected chi connectivity index (χ1v) is 12.1. The quantitative estimate of drug-likeness (QED) is 0.381. The second-order valence-corrected chi connectivity index (χ2v) is 8.91. The lowest BCUT2D eigenvalue weighted by Gasteiger charge is -2.21. The minimum Gasteiger partial charge on any atom is -0.486 e. The third-order valence-electron chi connectivity index (χ3n) is 4.96. The van der Waals surface area contributed by atoms with Crippen molar-refractivity contribution in [1.29, 1.82) is 0 Å². The maximum atomic E-state index is 12.3. The van der Waals surface area contributed by atoms with Gasteiger partial charge in [-0.15, -0.1) is 10.2 Å². The van der Waals surface area contributed by atoms with Crippen LogP contribution in [0.2, 0.25) is 0 Å². The topological polar surface area (TPSA) is 107 Å². The van der Waals surface area contributed by atoms with Crippen molar-refractivity contribution in [2.45, 2.75) is 52.4 Å². The zero-order chi connectivity index (χ0) is 23.8. The number of carbonyl (C=O) groups excluding carboxylic acids is 2. The fourth-order valence-electron chi connectivity index (χ4n) is 3.26. The third kappa shape index (κ3) is 6.74. The summed E-state index contributed by atoms with van der Waals surface area (Å²) in [7, 11) is 0. The highest BCUT2D eigenvalue weighted by molar-refractivity contribution is 7.99. The van der Waals surface area contributed by atoms with Crippen molar-refractivity contribution in [3.63, 3.8) is 0 Å². The summed E-state index contributed by atoms with van der Waals surface area (Å²) in [6, 6.07) is 7.68. The Morgan fingerprint density at radius 2 is 1.97 bits per heavy atom. The molecule has 1 aliphatic rings. The Balaban J connectivity index is 1.74. The van der Waals surface area contributed by atoms with Gasteiger partial charge in [0.25, 0.3) is 0 Å². The van der Waals surface area contributed by atoms with Crippen molar-refractivity contribution >= 4 is 23.8 Å². The van der Waals surface area contributed by atoms with E-state index in [0.29, 0.717) is 34.7 Å². The van der Waals surface area contributed by atoms with Gasteiger partial charge in [0.2, 0.25) is 0 Å². The zero-order valence-corrected chi connectivity index (χ0v) is 20.3. The molecule has 1 aromatic heterocycles. The minimum atomic E-state index is -0.438. The Morgan fingerprint density at radius 1 is 1.21 bits per heavy atom. The van der Waals surface area contributed by atoms with Gasteiger partial charge in [0.1, 0.15) is 12.4 Å². The molecule has 10 heteroatoms. The van der Waals surface area contributed by atoms with Crippen LogP contribution in [0.25, 0.3) is 0 Å². The molecule has 0 aliphatic carbocycles. The highest BCUT2D eigenvalue weighted by Crippen LogP contribution is 2.24. The monoisotopic (exact) mass is 473 g/mol. The molecule has 0 bridgehead atoms. The van der Waals surface area contributed by atoms with Crippen molar-refractivity contribution in [3.8, 4) is 5.75 Å². The number of benzene rings is 1. The second-order valence-electron chi connectivity index (χ2n) is 7.96. The minimum absolute atomic E-state index is 0.134. The largest absolute Gasteiger partial charge is 0.486 e. The highest BCUT2D eigenvalue weighted by atomic mass is 32.2. The van der Waals surface area contributed by atoms with E-state index in [4.69, 9.17) is 9.47 Å². The van der Waals surface area contributed by atoms with E-state index in [2.05, 4.69) is 53.7 Å². The van der Waals surface area contributed by atoms with E-state index in [9.17, 15) is 9.59 Å². The predicted octanol–water partition coefficient (Wildman–Crippen LogP) is 3.30. The van der Waals surface area contributed by atoms with Crippen LogP contribution in [0.15, 0.2) is 40.7 Å². The molecule has 0 fully saturated rings. The van der Waals surface area contributed by atoms with E-state index in [-0.39, 0.29) is 19.2 Å². The first-order valence-electron chi connectivity index (χ1n) is 11.1. The van der Waals surface area contributed by atoms with Crippen molar-refractivity contribution in [2.24, 2.45) is 5.92 Å². The number of esters is 1. The maximum absolute atomic E-state index is 12.3. The Kier molecular flexibility index (Phi) is 8.76. The van der Waals surface area contributed by atoms with Crippen LogP contribution in [0.1, 0.15) is 39.1 Å². The summed E-state index contributed by atoms with van der Waals surface area (Å²) >= 11 is 1.41. The molecule has 0 unspecified atom stereocenters. The molecule has 33 heavy (non-hydrogen) atoms. The van der Waals surface area contributed by atoms with Crippen molar-refractivity contribution < 1.29 is 19.1 Å². The molecule has 0 atom stereocenters. The average molecular weight is 474 g/mol. The SMILES string of the molecule is CCOC(=O)C1=C(CSc2nnc(COc3ccc(CC)cc3)n2CC(C)C)NC(=O)NC1. The highest BCUT2D eigenvalue weighted by Gasteiger charge is 2.24. The number of thioether (sulfide) groups is 1. The van der Waals surface area contributed by atoms with Gasteiger partial charge in [0, 0.05) is 18.0 Å². The molecule has 9 nitrogen and oxygen atoms in total. The first kappa shape index (κ1) is 24.6. The van der Waals surface area contributed by atoms with Crippen LogP contribution in [0.4, 0.5) is 4.79 Å². The van der Waals surface area contributed by atoms with Crippen LogP contribution >= 0.6 is 11.8 Å². The van der Waals surface area contributed by atoms with Gasteiger partial charge < -0.3 is 24.7 Å². The average Bonchev–Trinajstić information content (AvgIpc) is 3.17. The van der Waals surface area contributed by atoms with E-state index in [1.165, 1.54) is 17.3 Å². The Morgan fingerprint density at radius 3 is 2.64 bits per heavy atom. The van der Waals surface area contributed by atoms with Crippen LogP contribution in [-0.2, 0) is 29.1 Å². The molecule has 0 saturated heterocycles. The molecule has 2 aromatic rings. The van der Waals surface area contributed by atoms with Crippen LogP contribution in [0, 0.1) is 5.92 Å². The summed E-state index contributed by atoms with van der Waals surface area (Å²) in [4.78, 5) is 24.1. The number of rotatable bonds is 11. The Labute approximate surface area is 198 Å². The van der Waals surface area contributed by atoms with Gasteiger partial charge in [-0.2, -0.15) is 0 Å². The molecule has 0 radical (unpaired) electrons. The van der Waals surface area contributed by atoms with Crippen LogP contribution in [0.3, 0.4) is 0 Å². The van der Waals surface area contributed by atoms with Gasteiger partial charge in [0.05, 0.1) is 18.7 Å². The van der Waals surface area contributed by atoms with Gasteiger partial charge in [-0.05, 0) is 37.0 Å². The van der Waals surface area contributed by atoms with E-state index >= 15 is 0 Å². The van der Waals surface area contributed by atoms with Crippen molar-refractivity contribution in [2.75, 3.05) is 18.9 Å². The van der Waals surface area contributed by atoms with E-state index < -0.39 is 5.97 Å². The van der Waals surface area contributed by atoms with Crippen LogP contribution < -0.4 is 15.4 Å². The summed E-state index contributed by atoms with van der Waals surface area (Å²) in [6.45, 7) is 9.53. The fraction of sp³-hybridized carbons (Fsp3) is 0.478. The number of hydrogen-bond donors (Lipinski definition) is 2. The molecule has 0 spiro atoms. The molecule has 178 valence electrons. The van der Waals surface area contributed by atoms with Gasteiger partial charge in [0.15, 0.2) is 11.0 Å². The first-order chi connectivity index (χ1) is 15.9. The number of aromatic nitrogens is 3. The normalized spacial score (nSPS) is 13.7. The van der Waals surface area contributed by atoms with E-state index in [1.807, 2.05) is 16.7 Å². The van der Waals surface area contributed by atoms with E-state index in [1.54, 1.807) is 6.92 Å². The lowest BCUT2D eigenvalue weighted by molar-refractivity contribution is -0.138. The maximum Gasteiger partial charge on any atom is 0.337 e. The number of nitrogens with one attached hydrogen (secondary N) is 2. The van der Waals surface area contributed by atoms with Gasteiger partial charge in [-0.3, -0.25) is 0 Å². The van der Waals surface area contributed by atoms with Gasteiger partial charge in [-0.25, -0.2) is 9.59 Å². The Bertz CT molecular complexity index is 1000. The summed E-state index contributed by atoms with van der Waals surface area (Å²) in [5.74, 6) is 1.79. The predicted molar refractivity (Wildman–Crippen MR) is 126 cm³/mol. The molecule has 2 amide bonds. The third-order valence-corrected chi connectivity index (χ3v) is 5.96. The summed E-state index contributed by atoms with van der Waals surface area (Å²) < 4.78 is 13.1. The summed E-state index contributed by atoms with van der Waals surface area (Å²) in [5.41, 5.74) is 2.19. The zero-order valence-electron chi connectivity index (χ0n) is 19.5. The van der Waals surface area contributed by atoms with Crippen molar-refractivity contribution in [1.82, 2.24) is 25.4 Å². The standard InChI is InChI=1S/C23H31N5O4S/c1-5-16-7-9-17(10-8-16)32-13-20-26-27-23(28(20)12-15(3)4)33-14-19-18(21(29)31-6-2)11-24-22(30)25-19/h7-10,15H,5-6,11-14H2,1-4H3,(H2,24,25,30). The number of ether oxygens (including phenoxy) is 2. The van der Waals surface area contributed by atoms with Crippen LogP contribution in [0.5, 0.6) is 5.75 Å². The molecule has 2 N–H and O–H groups in total. The molecule has 1 aromatic carbocycles. The molecule has 0 saturated carbocycles. The Hall–Kier alpha value is -3.01. The van der Waals surface area contributed by atoms with E-state index in [0.717, 1.165) is 24.5 Å². The molecule has 2 heterocycles. The molecular weight excluding hydrogens is 442 g/mol. The number of nitrogens with zero attached hydrogens (tertiary/aromatic N) is 3. The van der Waals surface area contributed by atoms with Gasteiger partial charge >= 0.3 is 12.0 Å². The number of hydrogen-bond acceptors (Lipinski definition) is 7. The lowest BCUT2D eigenvalue weighted by atomic mass is 10.2. The molecule has 3 rings (SSSR count). The smallest absolute Gasteiger partial charge is 0.337 e. The lowest BCUT2D eigenvalue weighted by Crippen LogP contribution is -2.44. The molecular formula is C23H31N5O4S. The summed E-state index contributed by atoms with van der Waals surface area (Å²) in [6.07, 6.45) is 0.981.